The predicted molar refractivity (Wildman–Crippen MR) is 60.3 cm³/mol. The molecular weight excluding hydrogens is 176 g/mol. The predicted octanol–water partition coefficient (Wildman–Crippen LogP) is 2.70. The lowest BCUT2D eigenvalue weighted by Gasteiger charge is -2.18. The average Bonchev–Trinajstić information content (AvgIpc) is 2.10. The molecule has 1 N–H and O–H groups in total. The molecule has 0 aliphatic rings. The molecule has 0 spiro atoms. The van der Waals surface area contributed by atoms with Gasteiger partial charge >= 0.3 is 0 Å². The minimum atomic E-state index is 0.238. The van der Waals surface area contributed by atoms with E-state index in [0.717, 1.165) is 18.9 Å². The van der Waals surface area contributed by atoms with Gasteiger partial charge in [0, 0.05) is 19.1 Å². The molecule has 0 aromatic rings. The quantitative estimate of drug-likeness (QED) is 0.613. The van der Waals surface area contributed by atoms with Crippen LogP contribution in [0.2, 0.25) is 0 Å². The SMILES string of the molecule is CC(C)CCCOCC(CO)C(C)C. The maximum absolute atomic E-state index is 9.06. The van der Waals surface area contributed by atoms with Crippen molar-refractivity contribution in [2.24, 2.45) is 17.8 Å². The van der Waals surface area contributed by atoms with Gasteiger partial charge in [-0.05, 0) is 24.7 Å². The standard InChI is InChI=1S/C12H26O2/c1-10(2)6-5-7-14-9-12(8-13)11(3)4/h10-13H,5-9H2,1-4H3. The molecule has 0 aliphatic heterocycles. The number of hydrogen-bond acceptors (Lipinski definition) is 2. The van der Waals surface area contributed by atoms with Crippen LogP contribution in [-0.2, 0) is 4.74 Å². The van der Waals surface area contributed by atoms with Crippen molar-refractivity contribution in [1.82, 2.24) is 0 Å². The van der Waals surface area contributed by atoms with E-state index >= 15 is 0 Å². The molecule has 1 atom stereocenters. The summed E-state index contributed by atoms with van der Waals surface area (Å²) in [4.78, 5) is 0. The van der Waals surface area contributed by atoms with Crippen molar-refractivity contribution in [3.05, 3.63) is 0 Å². The summed E-state index contributed by atoms with van der Waals surface area (Å²) in [6, 6.07) is 0. The second-order valence-electron chi connectivity index (χ2n) is 4.80. The van der Waals surface area contributed by atoms with Crippen LogP contribution in [0.4, 0.5) is 0 Å². The zero-order valence-electron chi connectivity index (χ0n) is 10.1. The Hall–Kier alpha value is -0.0800. The Kier molecular flexibility index (Phi) is 8.20. The van der Waals surface area contributed by atoms with E-state index in [2.05, 4.69) is 27.7 Å². The van der Waals surface area contributed by atoms with Gasteiger partial charge in [-0.1, -0.05) is 27.7 Å². The molecule has 2 nitrogen and oxygen atoms in total. The molecule has 14 heavy (non-hydrogen) atoms. The minimum Gasteiger partial charge on any atom is -0.396 e. The molecule has 0 heterocycles. The van der Waals surface area contributed by atoms with Gasteiger partial charge < -0.3 is 9.84 Å². The number of rotatable bonds is 8. The summed E-state index contributed by atoms with van der Waals surface area (Å²) in [5.41, 5.74) is 0. The molecule has 2 heteroatoms. The molecule has 0 fully saturated rings. The van der Waals surface area contributed by atoms with Gasteiger partial charge in [0.25, 0.3) is 0 Å². The molecule has 0 bridgehead atoms. The molecule has 0 saturated heterocycles. The molecule has 0 aromatic carbocycles. The van der Waals surface area contributed by atoms with Gasteiger partial charge in [-0.15, -0.1) is 0 Å². The van der Waals surface area contributed by atoms with E-state index in [9.17, 15) is 0 Å². The third-order valence-electron chi connectivity index (χ3n) is 2.58. The van der Waals surface area contributed by atoms with Gasteiger partial charge in [0.1, 0.15) is 0 Å². The summed E-state index contributed by atoms with van der Waals surface area (Å²) in [7, 11) is 0. The first-order valence-electron chi connectivity index (χ1n) is 5.76. The number of hydrogen-bond donors (Lipinski definition) is 1. The maximum atomic E-state index is 9.06. The first-order chi connectivity index (χ1) is 6.57. The van der Waals surface area contributed by atoms with Crippen molar-refractivity contribution in [2.45, 2.75) is 40.5 Å². The highest BCUT2D eigenvalue weighted by molar-refractivity contribution is 4.60. The summed E-state index contributed by atoms with van der Waals surface area (Å²) >= 11 is 0. The Bertz CT molecular complexity index is 121. The molecule has 0 aromatic heterocycles. The molecule has 0 rings (SSSR count). The monoisotopic (exact) mass is 202 g/mol. The van der Waals surface area contributed by atoms with Crippen LogP contribution in [0, 0.1) is 17.8 Å². The van der Waals surface area contributed by atoms with Crippen molar-refractivity contribution in [3.63, 3.8) is 0 Å². The van der Waals surface area contributed by atoms with Gasteiger partial charge in [0.2, 0.25) is 0 Å². The van der Waals surface area contributed by atoms with Crippen LogP contribution in [0.15, 0.2) is 0 Å². The van der Waals surface area contributed by atoms with E-state index in [1.54, 1.807) is 0 Å². The van der Waals surface area contributed by atoms with Crippen molar-refractivity contribution in [3.8, 4) is 0 Å². The van der Waals surface area contributed by atoms with Crippen LogP contribution in [0.25, 0.3) is 0 Å². The number of aliphatic hydroxyl groups is 1. The first kappa shape index (κ1) is 13.9. The van der Waals surface area contributed by atoms with E-state index in [1.807, 2.05) is 0 Å². The summed E-state index contributed by atoms with van der Waals surface area (Å²) in [5.74, 6) is 1.57. The van der Waals surface area contributed by atoms with Crippen molar-refractivity contribution >= 4 is 0 Å². The van der Waals surface area contributed by atoms with Crippen molar-refractivity contribution < 1.29 is 9.84 Å². The lowest BCUT2D eigenvalue weighted by Crippen LogP contribution is -2.20. The van der Waals surface area contributed by atoms with Crippen LogP contribution in [-0.4, -0.2) is 24.9 Å². The normalized spacial score (nSPS) is 13.9. The lowest BCUT2D eigenvalue weighted by molar-refractivity contribution is 0.0511. The lowest BCUT2D eigenvalue weighted by atomic mass is 9.98. The molecule has 86 valence electrons. The van der Waals surface area contributed by atoms with E-state index in [1.165, 1.54) is 6.42 Å². The van der Waals surface area contributed by atoms with E-state index in [4.69, 9.17) is 9.84 Å². The van der Waals surface area contributed by atoms with Crippen LogP contribution in [0.1, 0.15) is 40.5 Å². The van der Waals surface area contributed by atoms with Gasteiger partial charge in [-0.25, -0.2) is 0 Å². The second-order valence-corrected chi connectivity index (χ2v) is 4.80. The topological polar surface area (TPSA) is 29.5 Å². The fourth-order valence-electron chi connectivity index (χ4n) is 1.28. The highest BCUT2D eigenvalue weighted by Gasteiger charge is 2.11. The van der Waals surface area contributed by atoms with Gasteiger partial charge in [-0.2, -0.15) is 0 Å². The summed E-state index contributed by atoms with van der Waals surface area (Å²) < 4.78 is 5.54. The Labute approximate surface area is 88.7 Å². The largest absolute Gasteiger partial charge is 0.396 e. The van der Waals surface area contributed by atoms with E-state index in [-0.39, 0.29) is 6.61 Å². The third-order valence-corrected chi connectivity index (χ3v) is 2.58. The molecule has 0 saturated carbocycles. The highest BCUT2D eigenvalue weighted by Crippen LogP contribution is 2.11. The molecule has 0 amide bonds. The zero-order valence-corrected chi connectivity index (χ0v) is 10.1. The van der Waals surface area contributed by atoms with Crippen LogP contribution < -0.4 is 0 Å². The van der Waals surface area contributed by atoms with E-state index < -0.39 is 0 Å². The van der Waals surface area contributed by atoms with Crippen LogP contribution in [0.3, 0.4) is 0 Å². The molecule has 0 radical (unpaired) electrons. The Balaban J connectivity index is 3.33. The summed E-state index contributed by atoms with van der Waals surface area (Å²) in [6.07, 6.45) is 2.36. The van der Waals surface area contributed by atoms with Crippen LogP contribution in [0.5, 0.6) is 0 Å². The van der Waals surface area contributed by atoms with E-state index in [0.29, 0.717) is 18.4 Å². The molecule has 0 aliphatic carbocycles. The average molecular weight is 202 g/mol. The molecular formula is C12H26O2. The molecule has 1 unspecified atom stereocenters. The summed E-state index contributed by atoms with van der Waals surface area (Å²) in [5, 5.41) is 9.06. The van der Waals surface area contributed by atoms with Crippen molar-refractivity contribution in [1.29, 1.82) is 0 Å². The summed E-state index contributed by atoms with van der Waals surface area (Å²) in [6.45, 7) is 10.5. The van der Waals surface area contributed by atoms with Crippen molar-refractivity contribution in [2.75, 3.05) is 19.8 Å². The fraction of sp³-hybridized carbons (Fsp3) is 1.00. The second kappa shape index (κ2) is 8.25. The number of ether oxygens (including phenoxy) is 1. The smallest absolute Gasteiger partial charge is 0.0518 e. The first-order valence-corrected chi connectivity index (χ1v) is 5.76. The Morgan fingerprint density at radius 3 is 2.21 bits per heavy atom. The Morgan fingerprint density at radius 1 is 1.14 bits per heavy atom. The Morgan fingerprint density at radius 2 is 1.79 bits per heavy atom. The van der Waals surface area contributed by atoms with Gasteiger partial charge in [0.15, 0.2) is 0 Å². The fourth-order valence-corrected chi connectivity index (χ4v) is 1.28. The number of aliphatic hydroxyl groups excluding tert-OH is 1. The third kappa shape index (κ3) is 7.34. The maximum Gasteiger partial charge on any atom is 0.0518 e. The zero-order chi connectivity index (χ0) is 11.0. The minimum absolute atomic E-state index is 0.238. The van der Waals surface area contributed by atoms with Gasteiger partial charge in [-0.3, -0.25) is 0 Å². The highest BCUT2D eigenvalue weighted by atomic mass is 16.5. The van der Waals surface area contributed by atoms with Gasteiger partial charge in [0.05, 0.1) is 6.61 Å². The van der Waals surface area contributed by atoms with Crippen LogP contribution >= 0.6 is 0 Å².